The van der Waals surface area contributed by atoms with Gasteiger partial charge in [-0.2, -0.15) is 13.2 Å². The van der Waals surface area contributed by atoms with E-state index in [4.69, 9.17) is 4.74 Å². The molecule has 216 valence electrons. The lowest BCUT2D eigenvalue weighted by Crippen LogP contribution is -2.53. The lowest BCUT2D eigenvalue weighted by atomic mass is 9.94. The number of likely N-dealkylation sites (tertiary alicyclic amines) is 1. The maximum absolute atomic E-state index is 13.8. The zero-order valence-corrected chi connectivity index (χ0v) is 22.2. The average Bonchev–Trinajstić information content (AvgIpc) is 2.87. The number of nitro benzene ring substituents is 1. The first kappa shape index (κ1) is 29.4. The standard InChI is InChI=1S/C23H27BrF5N5O5/c24-14-6-16(21(36)33-4-5-39-18(11-33)23(27,28)29)19(17(7-14)34(37)38)31-15-2-1-3-32(10-15)20(35)13-8-22(25,26)12-30-9-13/h6-7,13,15,18,30-31H,1-5,8-12H2/t13-,15-,18+/m1/s1. The molecular formula is C23H27BrF5N5O5. The molecule has 0 spiro atoms. The molecule has 2 amide bonds. The molecular weight excluding hydrogens is 601 g/mol. The van der Waals surface area contributed by atoms with Gasteiger partial charge in [-0.1, -0.05) is 15.9 Å². The molecule has 3 fully saturated rings. The van der Waals surface area contributed by atoms with Crippen molar-refractivity contribution in [3.63, 3.8) is 0 Å². The van der Waals surface area contributed by atoms with Crippen molar-refractivity contribution in [1.82, 2.24) is 15.1 Å². The molecule has 3 heterocycles. The molecule has 1 aromatic rings. The van der Waals surface area contributed by atoms with Crippen LogP contribution < -0.4 is 10.6 Å². The minimum atomic E-state index is -4.70. The van der Waals surface area contributed by atoms with Crippen molar-refractivity contribution < 1.29 is 41.2 Å². The van der Waals surface area contributed by atoms with E-state index in [2.05, 4.69) is 26.6 Å². The number of hydrogen-bond acceptors (Lipinski definition) is 7. The summed E-state index contributed by atoms with van der Waals surface area (Å²) in [6.45, 7) is -1.29. The Kier molecular flexibility index (Phi) is 8.66. The number of benzene rings is 1. The van der Waals surface area contributed by atoms with Crippen LogP contribution in [0.1, 0.15) is 29.6 Å². The van der Waals surface area contributed by atoms with Gasteiger partial charge in [0, 0.05) is 49.2 Å². The largest absolute Gasteiger partial charge is 0.416 e. The van der Waals surface area contributed by atoms with E-state index in [9.17, 15) is 41.7 Å². The van der Waals surface area contributed by atoms with Gasteiger partial charge in [-0.25, -0.2) is 8.78 Å². The lowest BCUT2D eigenvalue weighted by Gasteiger charge is -2.38. The highest BCUT2D eigenvalue weighted by Gasteiger charge is 2.45. The second-order valence-electron chi connectivity index (χ2n) is 9.91. The summed E-state index contributed by atoms with van der Waals surface area (Å²) in [5.74, 6) is -5.24. The molecule has 0 aromatic heterocycles. The maximum atomic E-state index is 13.8. The molecule has 0 saturated carbocycles. The van der Waals surface area contributed by atoms with Crippen molar-refractivity contribution in [2.75, 3.05) is 51.2 Å². The summed E-state index contributed by atoms with van der Waals surface area (Å²) < 4.78 is 72.3. The topological polar surface area (TPSA) is 117 Å². The zero-order chi connectivity index (χ0) is 28.5. The van der Waals surface area contributed by atoms with E-state index < -0.39 is 72.1 Å². The molecule has 0 aliphatic carbocycles. The van der Waals surface area contributed by atoms with Crippen molar-refractivity contribution in [3.8, 4) is 0 Å². The highest BCUT2D eigenvalue weighted by molar-refractivity contribution is 9.10. The predicted octanol–water partition coefficient (Wildman–Crippen LogP) is 3.41. The van der Waals surface area contributed by atoms with Gasteiger partial charge in [0.2, 0.25) is 5.91 Å². The molecule has 3 aliphatic rings. The predicted molar refractivity (Wildman–Crippen MR) is 132 cm³/mol. The third-order valence-corrected chi connectivity index (χ3v) is 7.44. The number of anilines is 1. The van der Waals surface area contributed by atoms with Gasteiger partial charge in [-0.05, 0) is 18.9 Å². The number of morpholine rings is 1. The third-order valence-electron chi connectivity index (χ3n) is 6.98. The summed E-state index contributed by atoms with van der Waals surface area (Å²) in [7, 11) is 0. The molecule has 1 aromatic carbocycles. The molecule has 0 unspecified atom stereocenters. The van der Waals surface area contributed by atoms with Gasteiger partial charge in [-0.15, -0.1) is 0 Å². The van der Waals surface area contributed by atoms with E-state index in [-0.39, 0.29) is 42.0 Å². The Morgan fingerprint density at radius 3 is 2.62 bits per heavy atom. The third kappa shape index (κ3) is 6.95. The van der Waals surface area contributed by atoms with Crippen molar-refractivity contribution in [1.29, 1.82) is 0 Å². The molecule has 39 heavy (non-hydrogen) atoms. The van der Waals surface area contributed by atoms with E-state index >= 15 is 0 Å². The minimum absolute atomic E-state index is 0.0510. The fourth-order valence-electron chi connectivity index (χ4n) is 5.13. The fraction of sp³-hybridized carbons (Fsp3) is 0.652. The number of carbonyl (C=O) groups is 2. The summed E-state index contributed by atoms with van der Waals surface area (Å²) in [6.07, 6.45) is -6.53. The Hall–Kier alpha value is -2.59. The fourth-order valence-corrected chi connectivity index (χ4v) is 5.57. The Balaban J connectivity index is 1.56. The van der Waals surface area contributed by atoms with Crippen LogP contribution >= 0.6 is 15.9 Å². The highest BCUT2D eigenvalue weighted by Crippen LogP contribution is 2.36. The van der Waals surface area contributed by atoms with Gasteiger partial charge < -0.3 is 25.2 Å². The number of nitrogens with zero attached hydrogens (tertiary/aromatic N) is 3. The number of amides is 2. The average molecular weight is 628 g/mol. The Morgan fingerprint density at radius 1 is 1.21 bits per heavy atom. The molecule has 3 atom stereocenters. The second kappa shape index (κ2) is 11.5. The molecule has 4 rings (SSSR count). The van der Waals surface area contributed by atoms with Crippen LogP contribution in [0.2, 0.25) is 0 Å². The van der Waals surface area contributed by atoms with Gasteiger partial charge >= 0.3 is 6.18 Å². The highest BCUT2D eigenvalue weighted by atomic mass is 79.9. The van der Waals surface area contributed by atoms with Crippen LogP contribution in [0.25, 0.3) is 0 Å². The number of rotatable bonds is 5. The SMILES string of the molecule is O=C(c1cc(Br)cc([N+](=O)[O-])c1N[C@@H]1CCCN(C(=O)[C@H]2CNCC(F)(F)C2)C1)N1CCO[C@H](C(F)(F)F)C1. The summed E-state index contributed by atoms with van der Waals surface area (Å²) in [4.78, 5) is 39.9. The van der Waals surface area contributed by atoms with Crippen molar-refractivity contribution in [3.05, 3.63) is 32.3 Å². The number of alkyl halides is 5. The Bertz CT molecular complexity index is 1120. The van der Waals surface area contributed by atoms with Crippen molar-refractivity contribution in [2.24, 2.45) is 5.92 Å². The zero-order valence-electron chi connectivity index (χ0n) is 20.6. The van der Waals surface area contributed by atoms with E-state index in [1.807, 2.05) is 0 Å². The van der Waals surface area contributed by atoms with Crippen LogP contribution in [-0.4, -0.2) is 96.7 Å². The van der Waals surface area contributed by atoms with Crippen LogP contribution in [-0.2, 0) is 9.53 Å². The summed E-state index contributed by atoms with van der Waals surface area (Å²) in [5, 5.41) is 17.4. The lowest BCUT2D eigenvalue weighted by molar-refractivity contribution is -0.384. The number of nitro groups is 1. The Morgan fingerprint density at radius 2 is 1.95 bits per heavy atom. The van der Waals surface area contributed by atoms with Crippen LogP contribution in [0.5, 0.6) is 0 Å². The molecule has 2 N–H and O–H groups in total. The van der Waals surface area contributed by atoms with Crippen LogP contribution in [0.4, 0.5) is 33.3 Å². The molecule has 0 bridgehead atoms. The summed E-state index contributed by atoms with van der Waals surface area (Å²) >= 11 is 3.13. The van der Waals surface area contributed by atoms with Gasteiger partial charge in [0.25, 0.3) is 17.5 Å². The number of hydrogen-bond donors (Lipinski definition) is 2. The summed E-state index contributed by atoms with van der Waals surface area (Å²) in [5.41, 5.74) is -0.875. The number of carbonyl (C=O) groups excluding carboxylic acids is 2. The number of ether oxygens (including phenoxy) is 1. The van der Waals surface area contributed by atoms with Gasteiger partial charge in [0.05, 0.1) is 36.1 Å². The second-order valence-corrected chi connectivity index (χ2v) is 10.8. The van der Waals surface area contributed by atoms with Gasteiger partial charge in [-0.3, -0.25) is 19.7 Å². The van der Waals surface area contributed by atoms with Crippen molar-refractivity contribution >= 4 is 39.1 Å². The van der Waals surface area contributed by atoms with Crippen molar-refractivity contribution in [2.45, 2.75) is 43.5 Å². The molecule has 0 radical (unpaired) electrons. The number of nitrogens with one attached hydrogen (secondary N) is 2. The molecule has 10 nitrogen and oxygen atoms in total. The first-order valence-electron chi connectivity index (χ1n) is 12.3. The molecule has 3 aliphatic heterocycles. The molecule has 16 heteroatoms. The van der Waals surface area contributed by atoms with Gasteiger partial charge in [0.15, 0.2) is 6.10 Å². The van der Waals surface area contributed by atoms with Gasteiger partial charge in [0.1, 0.15) is 5.69 Å². The van der Waals surface area contributed by atoms with E-state index in [1.165, 1.54) is 17.0 Å². The van der Waals surface area contributed by atoms with Crippen LogP contribution in [0.3, 0.4) is 0 Å². The minimum Gasteiger partial charge on any atom is -0.374 e. The monoisotopic (exact) mass is 627 g/mol. The van der Waals surface area contributed by atoms with Crippen LogP contribution in [0.15, 0.2) is 16.6 Å². The Labute approximate surface area is 228 Å². The quantitative estimate of drug-likeness (QED) is 0.292. The van der Waals surface area contributed by atoms with E-state index in [0.717, 1.165) is 4.90 Å². The normalized spacial score (nSPS) is 25.7. The van der Waals surface area contributed by atoms with E-state index in [1.54, 1.807) is 0 Å². The number of halogens is 6. The smallest absolute Gasteiger partial charge is 0.374 e. The van der Waals surface area contributed by atoms with Crippen LogP contribution in [0, 0.1) is 16.0 Å². The summed E-state index contributed by atoms with van der Waals surface area (Å²) in [6, 6.07) is 1.88. The first-order valence-corrected chi connectivity index (χ1v) is 13.1. The van der Waals surface area contributed by atoms with E-state index in [0.29, 0.717) is 19.4 Å². The number of piperidine rings is 2. The maximum Gasteiger partial charge on any atom is 0.416 e. The molecule has 3 saturated heterocycles. The first-order chi connectivity index (χ1) is 18.2.